The van der Waals surface area contributed by atoms with Crippen molar-refractivity contribution >= 4 is 6.09 Å². The highest BCUT2D eigenvalue weighted by molar-refractivity contribution is 5.61. The molecule has 0 fully saturated rings. The average molecular weight is 183 g/mol. The van der Waals surface area contributed by atoms with E-state index in [9.17, 15) is 0 Å². The number of aliphatic hydroxyl groups is 1. The number of carboxylic acid groups (broad SMARTS) is 1. The Morgan fingerprint density at radius 1 is 1.38 bits per heavy atom. The van der Waals surface area contributed by atoms with Crippen LogP contribution in [0.5, 0.6) is 0 Å². The van der Waals surface area contributed by atoms with Gasteiger partial charge >= 0.3 is 6.09 Å². The molecule has 0 aliphatic rings. The smallest absolute Gasteiger partial charge is 0.402 e. The van der Waals surface area contributed by atoms with Gasteiger partial charge in [0.15, 0.2) is 0 Å². The summed E-state index contributed by atoms with van der Waals surface area (Å²) in [7, 11) is 0. The predicted molar refractivity (Wildman–Crippen MR) is 49.3 cm³/mol. The van der Waals surface area contributed by atoms with Crippen molar-refractivity contribution in [2.75, 3.05) is 0 Å². The molecule has 1 amide bonds. The largest absolute Gasteiger partial charge is 0.465 e. The molecule has 0 saturated carbocycles. The third-order valence-corrected chi connectivity index (χ3v) is 1.28. The fourth-order valence-electron chi connectivity index (χ4n) is 0.732. The number of benzene rings is 1. The van der Waals surface area contributed by atoms with Crippen LogP contribution >= 0.6 is 0 Å². The first kappa shape index (κ1) is 11.4. The lowest BCUT2D eigenvalue weighted by Crippen LogP contribution is -2.03. The Kier molecular flexibility index (Phi) is 5.30. The molecule has 1 rings (SSSR count). The van der Waals surface area contributed by atoms with Gasteiger partial charge in [-0.25, -0.2) is 4.79 Å². The summed E-state index contributed by atoms with van der Waals surface area (Å²) in [6, 6.07) is 9.59. The zero-order valence-corrected chi connectivity index (χ0v) is 7.34. The van der Waals surface area contributed by atoms with E-state index < -0.39 is 6.09 Å². The highest BCUT2D eigenvalue weighted by Crippen LogP contribution is 2.08. The Labute approximate surface area is 76.6 Å². The number of nitrogens with two attached hydrogens (primary N) is 1. The molecule has 0 spiro atoms. The average Bonchev–Trinajstić information content (AvgIpc) is 2.05. The second-order valence-corrected chi connectivity index (χ2v) is 2.42. The molecule has 0 heterocycles. The van der Waals surface area contributed by atoms with Crippen LogP contribution in [0.1, 0.15) is 18.6 Å². The highest BCUT2D eigenvalue weighted by atomic mass is 16.4. The topological polar surface area (TPSA) is 83.5 Å². The zero-order valence-electron chi connectivity index (χ0n) is 7.34. The molecule has 0 bridgehead atoms. The van der Waals surface area contributed by atoms with Crippen molar-refractivity contribution in [1.82, 2.24) is 0 Å². The number of carbonyl (C=O) groups is 1. The van der Waals surface area contributed by atoms with Crippen LogP contribution in [0.4, 0.5) is 4.79 Å². The summed E-state index contributed by atoms with van der Waals surface area (Å²) >= 11 is 0. The van der Waals surface area contributed by atoms with Crippen molar-refractivity contribution < 1.29 is 15.0 Å². The third kappa shape index (κ3) is 6.83. The Hall–Kier alpha value is -1.55. The van der Waals surface area contributed by atoms with Gasteiger partial charge in [-0.15, -0.1) is 0 Å². The van der Waals surface area contributed by atoms with Gasteiger partial charge in [0.25, 0.3) is 0 Å². The van der Waals surface area contributed by atoms with Gasteiger partial charge in [-0.1, -0.05) is 30.3 Å². The highest BCUT2D eigenvalue weighted by Gasteiger charge is 1.95. The van der Waals surface area contributed by atoms with Gasteiger partial charge in [-0.3, -0.25) is 0 Å². The second kappa shape index (κ2) is 6.02. The van der Waals surface area contributed by atoms with Gasteiger partial charge in [0.1, 0.15) is 0 Å². The summed E-state index contributed by atoms with van der Waals surface area (Å²) in [5, 5.41) is 16.2. The Bertz CT molecular complexity index is 242. The lowest BCUT2D eigenvalue weighted by Gasteiger charge is -2.00. The van der Waals surface area contributed by atoms with Gasteiger partial charge in [0.05, 0.1) is 6.10 Å². The molecule has 1 aromatic carbocycles. The molecule has 72 valence electrons. The number of aliphatic hydroxyl groups excluding tert-OH is 1. The molecule has 4 heteroatoms. The van der Waals surface area contributed by atoms with E-state index in [2.05, 4.69) is 5.73 Å². The monoisotopic (exact) mass is 183 g/mol. The van der Waals surface area contributed by atoms with E-state index >= 15 is 0 Å². The minimum absolute atomic E-state index is 0.341. The van der Waals surface area contributed by atoms with Crippen LogP contribution in [0.3, 0.4) is 0 Å². The van der Waals surface area contributed by atoms with Crippen molar-refractivity contribution in [3.8, 4) is 0 Å². The van der Waals surface area contributed by atoms with Crippen LogP contribution in [0.2, 0.25) is 0 Å². The van der Waals surface area contributed by atoms with Crippen molar-refractivity contribution in [2.45, 2.75) is 13.0 Å². The van der Waals surface area contributed by atoms with Gasteiger partial charge in [0, 0.05) is 0 Å². The molecule has 13 heavy (non-hydrogen) atoms. The number of amides is 1. The molecule has 0 unspecified atom stereocenters. The van der Waals surface area contributed by atoms with E-state index in [4.69, 9.17) is 15.0 Å². The van der Waals surface area contributed by atoms with Crippen molar-refractivity contribution in [3.63, 3.8) is 0 Å². The standard InChI is InChI=1S/C8H10O.CH3NO2/c1-7(9)8-5-3-2-4-6-8;2-1(3)4/h2-7,9H,1H3;2H2,(H,3,4)/t7-;/m1./s1. The van der Waals surface area contributed by atoms with Crippen molar-refractivity contribution in [3.05, 3.63) is 35.9 Å². The normalized spacial score (nSPS) is 10.9. The molecule has 0 saturated heterocycles. The number of primary amides is 1. The maximum atomic E-state index is 9.02. The maximum absolute atomic E-state index is 9.02. The fraction of sp³-hybridized carbons (Fsp3) is 0.222. The maximum Gasteiger partial charge on any atom is 0.402 e. The minimum atomic E-state index is -1.33. The molecule has 4 nitrogen and oxygen atoms in total. The predicted octanol–water partition coefficient (Wildman–Crippen LogP) is 1.36. The van der Waals surface area contributed by atoms with Gasteiger partial charge in [0.2, 0.25) is 0 Å². The van der Waals surface area contributed by atoms with Gasteiger partial charge < -0.3 is 15.9 Å². The Morgan fingerprint density at radius 2 is 1.77 bits per heavy atom. The van der Waals surface area contributed by atoms with Crippen LogP contribution in [-0.4, -0.2) is 16.3 Å². The van der Waals surface area contributed by atoms with Crippen LogP contribution < -0.4 is 5.73 Å². The summed E-state index contributed by atoms with van der Waals surface area (Å²) in [4.78, 5) is 8.78. The SMILES string of the molecule is C[C@@H](O)c1ccccc1.NC(=O)O. The molecular weight excluding hydrogens is 170 g/mol. The first-order valence-electron chi connectivity index (χ1n) is 3.75. The van der Waals surface area contributed by atoms with Gasteiger partial charge in [-0.2, -0.15) is 0 Å². The van der Waals surface area contributed by atoms with E-state index in [1.807, 2.05) is 30.3 Å². The van der Waals surface area contributed by atoms with Crippen molar-refractivity contribution in [1.29, 1.82) is 0 Å². The Balaban J connectivity index is 0.000000310. The lowest BCUT2D eigenvalue weighted by molar-refractivity contribution is 0.199. The van der Waals surface area contributed by atoms with Crippen LogP contribution in [0.25, 0.3) is 0 Å². The molecule has 0 radical (unpaired) electrons. The summed E-state index contributed by atoms with van der Waals surface area (Å²) in [5.41, 5.74) is 5.00. The first-order valence-corrected chi connectivity index (χ1v) is 3.75. The second-order valence-electron chi connectivity index (χ2n) is 2.42. The van der Waals surface area contributed by atoms with E-state index in [1.165, 1.54) is 0 Å². The summed E-state index contributed by atoms with van der Waals surface area (Å²) in [6.45, 7) is 1.76. The number of hydrogen-bond donors (Lipinski definition) is 3. The zero-order chi connectivity index (χ0) is 10.3. The lowest BCUT2D eigenvalue weighted by atomic mass is 10.1. The quantitative estimate of drug-likeness (QED) is 0.614. The number of hydrogen-bond acceptors (Lipinski definition) is 2. The van der Waals surface area contributed by atoms with Crippen LogP contribution in [-0.2, 0) is 0 Å². The summed E-state index contributed by atoms with van der Waals surface area (Å²) < 4.78 is 0. The molecule has 4 N–H and O–H groups in total. The van der Waals surface area contributed by atoms with Crippen LogP contribution in [0, 0.1) is 0 Å². The minimum Gasteiger partial charge on any atom is -0.465 e. The number of rotatable bonds is 1. The molecule has 0 aromatic heterocycles. The molecule has 0 aliphatic heterocycles. The molecule has 0 aliphatic carbocycles. The van der Waals surface area contributed by atoms with Crippen molar-refractivity contribution in [2.24, 2.45) is 5.73 Å². The molecule has 1 atom stereocenters. The first-order chi connectivity index (χ1) is 6.04. The summed E-state index contributed by atoms with van der Waals surface area (Å²) in [6.07, 6.45) is -1.67. The molecular formula is C9H13NO3. The third-order valence-electron chi connectivity index (χ3n) is 1.28. The van der Waals surface area contributed by atoms with E-state index in [-0.39, 0.29) is 6.10 Å². The summed E-state index contributed by atoms with van der Waals surface area (Å²) in [5.74, 6) is 0. The fourth-order valence-corrected chi connectivity index (χ4v) is 0.732. The van der Waals surface area contributed by atoms with Crippen LogP contribution in [0.15, 0.2) is 30.3 Å². The molecule has 1 aromatic rings. The van der Waals surface area contributed by atoms with E-state index in [1.54, 1.807) is 6.92 Å². The Morgan fingerprint density at radius 3 is 2.00 bits per heavy atom. The van der Waals surface area contributed by atoms with Gasteiger partial charge in [-0.05, 0) is 12.5 Å². The van der Waals surface area contributed by atoms with E-state index in [0.29, 0.717) is 0 Å². The van der Waals surface area contributed by atoms with E-state index in [0.717, 1.165) is 5.56 Å².